The van der Waals surface area contributed by atoms with Gasteiger partial charge in [0.1, 0.15) is 0 Å². The first-order chi connectivity index (χ1) is 5.06. The van der Waals surface area contributed by atoms with Gasteiger partial charge in [0.25, 0.3) is 0 Å². The Hall–Kier alpha value is 0.270. The molecule has 0 aromatic carbocycles. The first-order valence-electron chi connectivity index (χ1n) is 3.85. The van der Waals surface area contributed by atoms with Gasteiger partial charge in [-0.25, -0.2) is 0 Å². The van der Waals surface area contributed by atoms with Crippen LogP contribution in [0.15, 0.2) is 0 Å². The van der Waals surface area contributed by atoms with Gasteiger partial charge in [-0.2, -0.15) is 11.8 Å². The molecule has 0 bridgehead atoms. The monoisotopic (exact) mass is 178 g/mol. The lowest BCUT2D eigenvalue weighted by Gasteiger charge is -2.15. The summed E-state index contributed by atoms with van der Waals surface area (Å²) in [6.07, 6.45) is 0.849. The van der Waals surface area contributed by atoms with Crippen LogP contribution in [-0.2, 0) is 4.74 Å². The molecule has 0 fully saturated rings. The highest BCUT2D eigenvalue weighted by molar-refractivity contribution is 7.99. The maximum absolute atomic E-state index is 9.33. The predicted molar refractivity (Wildman–Crippen MR) is 50.1 cm³/mol. The fraction of sp³-hybridized carbons (Fsp3) is 1.00. The molecule has 0 rings (SSSR count). The van der Waals surface area contributed by atoms with Gasteiger partial charge in [-0.05, 0) is 26.0 Å². The molecule has 0 heterocycles. The smallest absolute Gasteiger partial charge is 0.0599 e. The molecule has 0 saturated carbocycles. The van der Waals surface area contributed by atoms with Crippen molar-refractivity contribution in [3.05, 3.63) is 0 Å². The van der Waals surface area contributed by atoms with Crippen molar-refractivity contribution in [3.8, 4) is 0 Å². The number of aliphatic hydroxyl groups is 1. The molecule has 0 unspecified atom stereocenters. The summed E-state index contributed by atoms with van der Waals surface area (Å²) in [4.78, 5) is 0. The Morgan fingerprint density at radius 3 is 2.45 bits per heavy atom. The van der Waals surface area contributed by atoms with E-state index in [9.17, 15) is 5.11 Å². The van der Waals surface area contributed by atoms with Gasteiger partial charge in [0.05, 0.1) is 12.2 Å². The largest absolute Gasteiger partial charge is 0.390 e. The van der Waals surface area contributed by atoms with E-state index in [2.05, 4.69) is 0 Å². The van der Waals surface area contributed by atoms with Gasteiger partial charge in [-0.15, -0.1) is 0 Å². The Balaban J connectivity index is 3.02. The van der Waals surface area contributed by atoms with Crippen molar-refractivity contribution < 1.29 is 9.84 Å². The maximum atomic E-state index is 9.33. The van der Waals surface area contributed by atoms with Crippen molar-refractivity contribution >= 4 is 11.8 Å². The number of methoxy groups -OCH3 is 1. The van der Waals surface area contributed by atoms with E-state index in [-0.39, 0.29) is 0 Å². The molecule has 68 valence electrons. The number of rotatable bonds is 6. The van der Waals surface area contributed by atoms with E-state index in [4.69, 9.17) is 4.74 Å². The van der Waals surface area contributed by atoms with Crippen LogP contribution in [0.3, 0.4) is 0 Å². The van der Waals surface area contributed by atoms with Crippen molar-refractivity contribution in [1.82, 2.24) is 0 Å². The minimum Gasteiger partial charge on any atom is -0.390 e. The molecule has 3 heteroatoms. The summed E-state index contributed by atoms with van der Waals surface area (Å²) < 4.78 is 4.89. The van der Waals surface area contributed by atoms with Crippen LogP contribution in [0, 0.1) is 0 Å². The van der Waals surface area contributed by atoms with Gasteiger partial charge < -0.3 is 9.84 Å². The van der Waals surface area contributed by atoms with Gasteiger partial charge in [-0.3, -0.25) is 0 Å². The first kappa shape index (κ1) is 11.3. The highest BCUT2D eigenvalue weighted by Gasteiger charge is 2.10. The van der Waals surface area contributed by atoms with Crippen LogP contribution < -0.4 is 0 Å². The van der Waals surface area contributed by atoms with Gasteiger partial charge in [0, 0.05) is 12.9 Å². The van der Waals surface area contributed by atoms with E-state index in [0.29, 0.717) is 0 Å². The molecule has 0 aliphatic carbocycles. The molecule has 0 atom stereocenters. The second-order valence-electron chi connectivity index (χ2n) is 3.17. The third-order valence-corrected chi connectivity index (χ3v) is 2.24. The van der Waals surface area contributed by atoms with Crippen LogP contribution in [0.25, 0.3) is 0 Å². The summed E-state index contributed by atoms with van der Waals surface area (Å²) in [5.74, 6) is 2.03. The molecule has 11 heavy (non-hydrogen) atoms. The lowest BCUT2D eigenvalue weighted by atomic mass is 10.1. The average Bonchev–Trinajstić information content (AvgIpc) is 1.85. The van der Waals surface area contributed by atoms with Crippen LogP contribution in [0.2, 0.25) is 0 Å². The predicted octanol–water partition coefficient (Wildman–Crippen LogP) is 1.53. The highest BCUT2D eigenvalue weighted by Crippen LogP contribution is 2.12. The van der Waals surface area contributed by atoms with E-state index >= 15 is 0 Å². The zero-order chi connectivity index (χ0) is 8.74. The summed E-state index contributed by atoms with van der Waals surface area (Å²) in [7, 11) is 1.70. The molecule has 0 aromatic rings. The molecular weight excluding hydrogens is 160 g/mol. The first-order valence-corrected chi connectivity index (χ1v) is 5.01. The van der Waals surface area contributed by atoms with Crippen LogP contribution in [-0.4, -0.2) is 35.9 Å². The fourth-order valence-corrected chi connectivity index (χ4v) is 1.70. The number of thioether (sulfide) groups is 1. The minimum absolute atomic E-state index is 0.514. The highest BCUT2D eigenvalue weighted by atomic mass is 32.2. The van der Waals surface area contributed by atoms with E-state index in [1.807, 2.05) is 25.6 Å². The molecule has 1 N–H and O–H groups in total. The lowest BCUT2D eigenvalue weighted by Crippen LogP contribution is -2.19. The van der Waals surface area contributed by atoms with E-state index in [1.165, 1.54) is 0 Å². The summed E-state index contributed by atoms with van der Waals surface area (Å²) in [5.41, 5.74) is -0.514. The van der Waals surface area contributed by atoms with Crippen LogP contribution in [0.4, 0.5) is 0 Å². The topological polar surface area (TPSA) is 29.5 Å². The third kappa shape index (κ3) is 10.3. The standard InChI is InChI=1S/C8H18O2S/c1-8(2,9)4-6-11-7-5-10-3/h9H,4-7H2,1-3H3. The zero-order valence-electron chi connectivity index (χ0n) is 7.59. The Labute approximate surface area is 73.3 Å². The zero-order valence-corrected chi connectivity index (χ0v) is 8.41. The molecule has 0 saturated heterocycles. The second-order valence-corrected chi connectivity index (χ2v) is 4.39. The van der Waals surface area contributed by atoms with Gasteiger partial charge in [0.2, 0.25) is 0 Å². The summed E-state index contributed by atoms with van der Waals surface area (Å²) in [6, 6.07) is 0. The molecule has 0 aliphatic rings. The number of hydrogen-bond donors (Lipinski definition) is 1. The lowest BCUT2D eigenvalue weighted by molar-refractivity contribution is 0.0777. The molecule has 0 amide bonds. The fourth-order valence-electron chi connectivity index (χ4n) is 0.566. The average molecular weight is 178 g/mol. The Bertz CT molecular complexity index is 88.6. The second kappa shape index (κ2) is 5.86. The number of hydrogen-bond acceptors (Lipinski definition) is 3. The minimum atomic E-state index is -0.514. The summed E-state index contributed by atoms with van der Waals surface area (Å²) in [5, 5.41) is 9.33. The Morgan fingerprint density at radius 1 is 1.36 bits per heavy atom. The molecule has 0 aromatic heterocycles. The third-order valence-electron chi connectivity index (χ3n) is 1.29. The van der Waals surface area contributed by atoms with Crippen LogP contribution in [0.5, 0.6) is 0 Å². The van der Waals surface area contributed by atoms with E-state index < -0.39 is 5.60 Å². The molecule has 0 aliphatic heterocycles. The summed E-state index contributed by atoms with van der Waals surface area (Å²) >= 11 is 1.82. The van der Waals surface area contributed by atoms with E-state index in [1.54, 1.807) is 7.11 Å². The quantitative estimate of drug-likeness (QED) is 0.625. The van der Waals surface area contributed by atoms with Crippen molar-refractivity contribution in [3.63, 3.8) is 0 Å². The van der Waals surface area contributed by atoms with E-state index in [0.717, 1.165) is 24.5 Å². The van der Waals surface area contributed by atoms with Crippen LogP contribution in [0.1, 0.15) is 20.3 Å². The summed E-state index contributed by atoms with van der Waals surface area (Å²) in [6.45, 7) is 4.48. The van der Waals surface area contributed by atoms with Gasteiger partial charge in [0.15, 0.2) is 0 Å². The van der Waals surface area contributed by atoms with Crippen molar-refractivity contribution in [2.75, 3.05) is 25.2 Å². The Kier molecular flexibility index (Phi) is 6.01. The Morgan fingerprint density at radius 2 is 2.00 bits per heavy atom. The molecule has 2 nitrogen and oxygen atoms in total. The van der Waals surface area contributed by atoms with Crippen molar-refractivity contribution in [1.29, 1.82) is 0 Å². The van der Waals surface area contributed by atoms with Crippen LogP contribution >= 0.6 is 11.8 Å². The normalized spacial score (nSPS) is 12.0. The van der Waals surface area contributed by atoms with Crippen molar-refractivity contribution in [2.24, 2.45) is 0 Å². The number of ether oxygens (including phenoxy) is 1. The van der Waals surface area contributed by atoms with Crippen molar-refractivity contribution in [2.45, 2.75) is 25.9 Å². The SMILES string of the molecule is COCCSCCC(C)(C)O. The van der Waals surface area contributed by atoms with Gasteiger partial charge in [-0.1, -0.05) is 0 Å². The van der Waals surface area contributed by atoms with Gasteiger partial charge >= 0.3 is 0 Å². The maximum Gasteiger partial charge on any atom is 0.0599 e. The molecule has 0 radical (unpaired) electrons. The molecular formula is C8H18O2S. The molecule has 0 spiro atoms.